The van der Waals surface area contributed by atoms with Crippen LogP contribution in [0.4, 0.5) is 10.1 Å². The Bertz CT molecular complexity index is 1140. The Morgan fingerprint density at radius 1 is 1.16 bits per heavy atom. The van der Waals surface area contributed by atoms with E-state index in [-0.39, 0.29) is 81.0 Å². The quantitative estimate of drug-likeness (QED) is 0.340. The van der Waals surface area contributed by atoms with Crippen molar-refractivity contribution in [2.75, 3.05) is 37.7 Å². The maximum Gasteiger partial charge on any atom is 1.00 e. The molecule has 32 heavy (non-hydrogen) atoms. The van der Waals surface area contributed by atoms with Gasteiger partial charge in [-0.15, -0.1) is 0 Å². The van der Waals surface area contributed by atoms with Crippen LogP contribution in [0.1, 0.15) is 36.2 Å². The second-order valence-corrected chi connectivity index (χ2v) is 7.77. The smallest absolute Gasteiger partial charge is 0.545 e. The first-order chi connectivity index (χ1) is 14.8. The zero-order valence-electron chi connectivity index (χ0n) is 17.9. The molecule has 0 unspecified atom stereocenters. The van der Waals surface area contributed by atoms with Crippen LogP contribution in [0.15, 0.2) is 23.1 Å². The largest absolute Gasteiger partial charge is 1.00 e. The van der Waals surface area contributed by atoms with E-state index < -0.39 is 28.7 Å². The molecule has 0 bridgehead atoms. The van der Waals surface area contributed by atoms with Gasteiger partial charge in [-0.3, -0.25) is 14.4 Å². The Morgan fingerprint density at radius 2 is 1.81 bits per heavy atom. The summed E-state index contributed by atoms with van der Waals surface area (Å²) in [6, 6.07) is 2.71. The SMILES string of the molecule is CC(=O)OCC(=O)N1CCN(c2cc3c(cc2F)c(=O)c(C(=O)[O-])cn3C2CC2)CC1.[K+]. The minimum absolute atomic E-state index is 0. The van der Waals surface area contributed by atoms with Gasteiger partial charge in [-0.25, -0.2) is 4.39 Å². The van der Waals surface area contributed by atoms with Crippen molar-refractivity contribution in [3.05, 3.63) is 39.9 Å². The number of carbonyl (C=O) groups excluding carboxylic acids is 3. The van der Waals surface area contributed by atoms with E-state index in [1.807, 2.05) is 0 Å². The van der Waals surface area contributed by atoms with E-state index in [1.165, 1.54) is 13.1 Å². The number of rotatable bonds is 5. The number of esters is 1. The fourth-order valence-electron chi connectivity index (χ4n) is 3.85. The van der Waals surface area contributed by atoms with Gasteiger partial charge < -0.3 is 29.0 Å². The van der Waals surface area contributed by atoms with E-state index in [9.17, 15) is 28.7 Å². The molecule has 1 saturated carbocycles. The fraction of sp³-hybridized carbons (Fsp3) is 0.429. The molecule has 2 heterocycles. The molecule has 164 valence electrons. The number of aromatic carboxylic acids is 1. The molecule has 2 aromatic rings. The minimum atomic E-state index is -1.58. The number of aromatic nitrogens is 1. The summed E-state index contributed by atoms with van der Waals surface area (Å²) in [5.41, 5.74) is -0.485. The molecular formula is C21H21FKN3O6. The average Bonchev–Trinajstić information content (AvgIpc) is 3.57. The molecule has 1 saturated heterocycles. The molecule has 2 aliphatic rings. The Hall–Kier alpha value is -1.79. The summed E-state index contributed by atoms with van der Waals surface area (Å²) in [4.78, 5) is 50.2. The van der Waals surface area contributed by atoms with Crippen LogP contribution in [0.2, 0.25) is 0 Å². The number of anilines is 1. The number of nitrogens with zero attached hydrogens (tertiary/aromatic N) is 3. The van der Waals surface area contributed by atoms with Gasteiger partial charge in [-0.1, -0.05) is 0 Å². The third kappa shape index (κ3) is 5.06. The number of carboxylic acid groups (broad SMARTS) is 1. The van der Waals surface area contributed by atoms with Crippen LogP contribution in [0.3, 0.4) is 0 Å². The van der Waals surface area contributed by atoms with E-state index in [4.69, 9.17) is 4.74 Å². The molecule has 0 spiro atoms. The molecule has 1 aliphatic heterocycles. The third-order valence-corrected chi connectivity index (χ3v) is 5.63. The number of pyridine rings is 1. The van der Waals surface area contributed by atoms with Crippen molar-refractivity contribution in [2.24, 2.45) is 0 Å². The summed E-state index contributed by atoms with van der Waals surface area (Å²) in [5.74, 6) is -3.07. The topological polar surface area (TPSA) is 112 Å². The van der Waals surface area contributed by atoms with Crippen molar-refractivity contribution in [1.29, 1.82) is 0 Å². The molecule has 11 heteroatoms. The van der Waals surface area contributed by atoms with Gasteiger partial charge in [0.2, 0.25) is 0 Å². The Labute approximate surface area is 225 Å². The van der Waals surface area contributed by atoms with Crippen molar-refractivity contribution < 1.29 is 80.0 Å². The van der Waals surface area contributed by atoms with Crippen molar-refractivity contribution in [3.8, 4) is 0 Å². The van der Waals surface area contributed by atoms with Gasteiger partial charge in [0.1, 0.15) is 5.82 Å². The summed E-state index contributed by atoms with van der Waals surface area (Å²) in [7, 11) is 0. The number of halogens is 1. The average molecular weight is 470 g/mol. The number of carboxylic acids is 1. The van der Waals surface area contributed by atoms with E-state index in [2.05, 4.69) is 0 Å². The van der Waals surface area contributed by atoms with Gasteiger partial charge in [0, 0.05) is 50.7 Å². The van der Waals surface area contributed by atoms with Crippen LogP contribution in [-0.4, -0.2) is 60.1 Å². The Kier molecular flexibility index (Phi) is 7.76. The minimum Gasteiger partial charge on any atom is -0.545 e. The van der Waals surface area contributed by atoms with Crippen LogP contribution in [-0.2, 0) is 14.3 Å². The molecule has 4 rings (SSSR count). The molecule has 1 amide bonds. The number of amides is 1. The number of carbonyl (C=O) groups is 3. The van der Waals surface area contributed by atoms with E-state index in [1.54, 1.807) is 20.4 Å². The monoisotopic (exact) mass is 469 g/mol. The third-order valence-electron chi connectivity index (χ3n) is 5.63. The number of fused-ring (bicyclic) bond motifs is 1. The van der Waals surface area contributed by atoms with Gasteiger partial charge >= 0.3 is 57.4 Å². The maximum atomic E-state index is 14.9. The number of hydrogen-bond donors (Lipinski definition) is 0. The number of piperazine rings is 1. The molecule has 1 aliphatic carbocycles. The number of hydrogen-bond acceptors (Lipinski definition) is 7. The van der Waals surface area contributed by atoms with Gasteiger partial charge in [-0.05, 0) is 25.0 Å². The van der Waals surface area contributed by atoms with Crippen molar-refractivity contribution >= 4 is 34.4 Å². The van der Waals surface area contributed by atoms with E-state index in [0.717, 1.165) is 18.9 Å². The predicted molar refractivity (Wildman–Crippen MR) is 106 cm³/mol. The van der Waals surface area contributed by atoms with Crippen LogP contribution in [0, 0.1) is 5.82 Å². The molecule has 1 aromatic heterocycles. The van der Waals surface area contributed by atoms with Gasteiger partial charge in [0.05, 0.1) is 22.7 Å². The summed E-state index contributed by atoms with van der Waals surface area (Å²) in [6.45, 7) is 2.28. The zero-order chi connectivity index (χ0) is 22.3. The molecular weight excluding hydrogens is 448 g/mol. The summed E-state index contributed by atoms with van der Waals surface area (Å²) < 4.78 is 21.4. The zero-order valence-corrected chi connectivity index (χ0v) is 21.1. The summed E-state index contributed by atoms with van der Waals surface area (Å²) in [5, 5.41) is 11.3. The maximum absolute atomic E-state index is 14.9. The summed E-state index contributed by atoms with van der Waals surface area (Å²) >= 11 is 0. The Morgan fingerprint density at radius 3 is 2.38 bits per heavy atom. The summed E-state index contributed by atoms with van der Waals surface area (Å²) in [6.07, 6.45) is 2.98. The first-order valence-electron chi connectivity index (χ1n) is 10.0. The fourth-order valence-corrected chi connectivity index (χ4v) is 3.85. The van der Waals surface area contributed by atoms with Crippen LogP contribution in [0.25, 0.3) is 10.9 Å². The van der Waals surface area contributed by atoms with Crippen molar-refractivity contribution in [2.45, 2.75) is 25.8 Å². The molecule has 9 nitrogen and oxygen atoms in total. The van der Waals surface area contributed by atoms with Gasteiger partial charge in [0.15, 0.2) is 12.0 Å². The number of benzene rings is 1. The normalized spacial score (nSPS) is 15.9. The molecule has 0 radical (unpaired) electrons. The second-order valence-electron chi connectivity index (χ2n) is 7.77. The first kappa shape index (κ1) is 24.8. The molecule has 2 fully saturated rings. The van der Waals surface area contributed by atoms with Crippen LogP contribution >= 0.6 is 0 Å². The number of ether oxygens (including phenoxy) is 1. The van der Waals surface area contributed by atoms with Crippen LogP contribution < -0.4 is 66.8 Å². The predicted octanol–water partition coefficient (Wildman–Crippen LogP) is -2.95. The second kappa shape index (κ2) is 10.00. The standard InChI is InChI=1S/C21H22FN3O6.K/c1-12(26)31-11-19(27)24-6-4-23(5-7-24)18-9-17-14(8-16(18)22)20(28)15(21(29)30)10-25(17)13-2-3-13;/h8-10,13H,2-7,11H2,1H3,(H,29,30);/q;+1/p-1. The Balaban J connectivity index is 0.00000289. The van der Waals surface area contributed by atoms with Gasteiger partial charge in [-0.2, -0.15) is 0 Å². The first-order valence-corrected chi connectivity index (χ1v) is 10.0. The molecule has 0 N–H and O–H groups in total. The van der Waals surface area contributed by atoms with Crippen LogP contribution in [0.5, 0.6) is 0 Å². The van der Waals surface area contributed by atoms with Crippen molar-refractivity contribution in [3.63, 3.8) is 0 Å². The molecule has 0 atom stereocenters. The van der Waals surface area contributed by atoms with Gasteiger partial charge in [0.25, 0.3) is 5.91 Å². The molecule has 1 aromatic carbocycles. The van der Waals surface area contributed by atoms with E-state index >= 15 is 0 Å². The van der Waals surface area contributed by atoms with Crippen molar-refractivity contribution in [1.82, 2.24) is 9.47 Å². The van der Waals surface area contributed by atoms with E-state index in [0.29, 0.717) is 31.7 Å².